The minimum absolute atomic E-state index is 0.0504. The number of imide groups is 1. The van der Waals surface area contributed by atoms with E-state index in [1.165, 1.54) is 11.5 Å². The Balaban J connectivity index is 1.82. The van der Waals surface area contributed by atoms with Crippen molar-refractivity contribution in [2.75, 3.05) is 0 Å². The first kappa shape index (κ1) is 15.4. The first-order valence-corrected chi connectivity index (χ1v) is 7.63. The predicted molar refractivity (Wildman–Crippen MR) is 77.8 cm³/mol. The summed E-state index contributed by atoms with van der Waals surface area (Å²) in [5.41, 5.74) is 6.26. The van der Waals surface area contributed by atoms with Gasteiger partial charge in [0.15, 0.2) is 0 Å². The lowest BCUT2D eigenvalue weighted by molar-refractivity contribution is -0.124. The molecule has 0 saturated heterocycles. The van der Waals surface area contributed by atoms with Gasteiger partial charge in [0.1, 0.15) is 0 Å². The number of primary amides is 1. The maximum absolute atomic E-state index is 12.1. The molecule has 0 aromatic carbocycles. The van der Waals surface area contributed by atoms with E-state index in [2.05, 4.69) is 15.0 Å². The molecule has 0 unspecified atom stereocenters. The van der Waals surface area contributed by atoms with Crippen molar-refractivity contribution in [1.82, 2.24) is 15.0 Å². The maximum atomic E-state index is 12.1. The molecule has 114 valence electrons. The molecule has 0 spiro atoms. The molecule has 1 aliphatic carbocycles. The second kappa shape index (κ2) is 6.66. The summed E-state index contributed by atoms with van der Waals surface area (Å²) in [4.78, 5) is 34.4. The maximum Gasteiger partial charge on any atom is 0.318 e. The molecule has 7 nitrogen and oxygen atoms in total. The zero-order valence-electron chi connectivity index (χ0n) is 11.7. The summed E-state index contributed by atoms with van der Waals surface area (Å²) in [5.74, 6) is -0.661. The fraction of sp³-hybridized carbons (Fsp3) is 0.538. The molecule has 0 aliphatic heterocycles. The van der Waals surface area contributed by atoms with Crippen LogP contribution in [0.5, 0.6) is 0 Å². The molecule has 1 aromatic heterocycles. The SMILES string of the molecule is Cc1nscc1C(=O)NC1CCC(C(=O)NC(N)=O)CC1. The summed E-state index contributed by atoms with van der Waals surface area (Å²) in [5, 5.41) is 6.80. The normalized spacial score (nSPS) is 21.6. The summed E-state index contributed by atoms with van der Waals surface area (Å²) in [7, 11) is 0. The van der Waals surface area contributed by atoms with Crippen LogP contribution in [0.4, 0.5) is 4.79 Å². The Labute approximate surface area is 126 Å². The molecule has 8 heteroatoms. The van der Waals surface area contributed by atoms with Crippen LogP contribution in [-0.2, 0) is 4.79 Å². The number of aryl methyl sites for hydroxylation is 1. The van der Waals surface area contributed by atoms with Crippen LogP contribution < -0.4 is 16.4 Å². The molecule has 1 saturated carbocycles. The third-order valence-corrected chi connectivity index (χ3v) is 4.39. The number of aromatic nitrogens is 1. The molecular weight excluding hydrogens is 292 g/mol. The number of hydrogen-bond donors (Lipinski definition) is 3. The molecule has 0 atom stereocenters. The molecule has 2 rings (SSSR count). The van der Waals surface area contributed by atoms with Gasteiger partial charge in [-0.3, -0.25) is 14.9 Å². The second-order valence-electron chi connectivity index (χ2n) is 5.19. The van der Waals surface area contributed by atoms with Crippen LogP contribution in [-0.4, -0.2) is 28.3 Å². The van der Waals surface area contributed by atoms with E-state index in [0.717, 1.165) is 5.69 Å². The monoisotopic (exact) mass is 310 g/mol. The molecule has 4 N–H and O–H groups in total. The summed E-state index contributed by atoms with van der Waals surface area (Å²) in [6.45, 7) is 1.80. The average Bonchev–Trinajstić information content (AvgIpc) is 2.85. The van der Waals surface area contributed by atoms with Crippen LogP contribution in [0.15, 0.2) is 5.38 Å². The smallest absolute Gasteiger partial charge is 0.318 e. The van der Waals surface area contributed by atoms with Gasteiger partial charge in [0.25, 0.3) is 5.91 Å². The molecule has 21 heavy (non-hydrogen) atoms. The van der Waals surface area contributed by atoms with Gasteiger partial charge in [0.2, 0.25) is 5.91 Å². The second-order valence-corrected chi connectivity index (χ2v) is 5.82. The Hall–Kier alpha value is -1.96. The van der Waals surface area contributed by atoms with E-state index in [-0.39, 0.29) is 23.8 Å². The largest absolute Gasteiger partial charge is 0.351 e. The van der Waals surface area contributed by atoms with E-state index < -0.39 is 6.03 Å². The van der Waals surface area contributed by atoms with Gasteiger partial charge in [-0.1, -0.05) is 0 Å². The van der Waals surface area contributed by atoms with Gasteiger partial charge in [-0.05, 0) is 44.1 Å². The van der Waals surface area contributed by atoms with E-state index in [0.29, 0.717) is 31.2 Å². The molecule has 0 bridgehead atoms. The standard InChI is InChI=1S/C13H18N4O3S/c1-7-10(6-21-17-7)12(19)15-9-4-2-8(3-5-9)11(18)16-13(14)20/h6,8-9H,2-5H2,1H3,(H,15,19)(H3,14,16,18,20). The van der Waals surface area contributed by atoms with Crippen LogP contribution in [0.2, 0.25) is 0 Å². The van der Waals surface area contributed by atoms with Crippen LogP contribution >= 0.6 is 11.5 Å². The molecule has 1 aromatic rings. The molecular formula is C13H18N4O3S. The molecule has 4 amide bonds. The van der Waals surface area contributed by atoms with E-state index in [9.17, 15) is 14.4 Å². The van der Waals surface area contributed by atoms with Gasteiger partial charge in [0.05, 0.1) is 11.3 Å². The highest BCUT2D eigenvalue weighted by Crippen LogP contribution is 2.25. The lowest BCUT2D eigenvalue weighted by Gasteiger charge is -2.28. The van der Waals surface area contributed by atoms with Crippen molar-refractivity contribution in [3.63, 3.8) is 0 Å². The van der Waals surface area contributed by atoms with Crippen LogP contribution in [0.25, 0.3) is 0 Å². The molecule has 0 radical (unpaired) electrons. The van der Waals surface area contributed by atoms with Crippen molar-refractivity contribution in [3.8, 4) is 0 Å². The van der Waals surface area contributed by atoms with Crippen LogP contribution in [0.1, 0.15) is 41.7 Å². The van der Waals surface area contributed by atoms with Crippen molar-refractivity contribution in [3.05, 3.63) is 16.6 Å². The number of urea groups is 1. The zero-order valence-corrected chi connectivity index (χ0v) is 12.5. The lowest BCUT2D eigenvalue weighted by atomic mass is 9.85. The van der Waals surface area contributed by atoms with Crippen molar-refractivity contribution in [2.45, 2.75) is 38.6 Å². The van der Waals surface area contributed by atoms with Gasteiger partial charge in [-0.2, -0.15) is 4.37 Å². The summed E-state index contributed by atoms with van der Waals surface area (Å²) < 4.78 is 4.08. The van der Waals surface area contributed by atoms with Crippen LogP contribution in [0.3, 0.4) is 0 Å². The summed E-state index contributed by atoms with van der Waals surface area (Å²) >= 11 is 1.26. The third kappa shape index (κ3) is 4.01. The predicted octanol–water partition coefficient (Wildman–Crippen LogP) is 0.935. The zero-order chi connectivity index (χ0) is 15.4. The first-order valence-electron chi connectivity index (χ1n) is 6.79. The Morgan fingerprint density at radius 3 is 2.48 bits per heavy atom. The topological polar surface area (TPSA) is 114 Å². The van der Waals surface area contributed by atoms with Gasteiger partial charge in [-0.25, -0.2) is 4.79 Å². The minimum atomic E-state index is -0.823. The van der Waals surface area contributed by atoms with E-state index >= 15 is 0 Å². The molecule has 1 fully saturated rings. The van der Waals surface area contributed by atoms with E-state index in [4.69, 9.17) is 5.73 Å². The Morgan fingerprint density at radius 2 is 1.95 bits per heavy atom. The van der Waals surface area contributed by atoms with Crippen molar-refractivity contribution in [1.29, 1.82) is 0 Å². The number of hydrogen-bond acceptors (Lipinski definition) is 5. The van der Waals surface area contributed by atoms with E-state index in [1.54, 1.807) is 12.3 Å². The van der Waals surface area contributed by atoms with Crippen molar-refractivity contribution >= 4 is 29.4 Å². The number of carbonyl (C=O) groups is 3. The van der Waals surface area contributed by atoms with Gasteiger partial charge >= 0.3 is 6.03 Å². The average molecular weight is 310 g/mol. The lowest BCUT2D eigenvalue weighted by Crippen LogP contribution is -2.43. The van der Waals surface area contributed by atoms with Gasteiger partial charge in [0, 0.05) is 17.3 Å². The highest BCUT2D eigenvalue weighted by molar-refractivity contribution is 7.03. The number of nitrogens with one attached hydrogen (secondary N) is 2. The van der Waals surface area contributed by atoms with Gasteiger partial charge < -0.3 is 11.1 Å². The Kier molecular flexibility index (Phi) is 4.89. The minimum Gasteiger partial charge on any atom is -0.351 e. The number of nitrogens with zero attached hydrogens (tertiary/aromatic N) is 1. The quantitative estimate of drug-likeness (QED) is 0.770. The van der Waals surface area contributed by atoms with Crippen molar-refractivity contribution in [2.24, 2.45) is 11.7 Å². The summed E-state index contributed by atoms with van der Waals surface area (Å²) in [6, 6.07) is -0.773. The molecule has 1 heterocycles. The number of amides is 4. The number of nitrogens with two attached hydrogens (primary N) is 1. The van der Waals surface area contributed by atoms with Gasteiger partial charge in [-0.15, -0.1) is 0 Å². The Bertz CT molecular complexity index is 549. The van der Waals surface area contributed by atoms with E-state index in [1.807, 2.05) is 0 Å². The third-order valence-electron chi connectivity index (χ3n) is 3.67. The van der Waals surface area contributed by atoms with Crippen LogP contribution in [0, 0.1) is 12.8 Å². The fourth-order valence-corrected chi connectivity index (χ4v) is 3.19. The Morgan fingerprint density at radius 1 is 1.29 bits per heavy atom. The highest BCUT2D eigenvalue weighted by Gasteiger charge is 2.28. The fourth-order valence-electron chi connectivity index (χ4n) is 2.50. The van der Waals surface area contributed by atoms with Crippen molar-refractivity contribution < 1.29 is 14.4 Å². The number of carbonyl (C=O) groups excluding carboxylic acids is 3. The number of rotatable bonds is 3. The first-order chi connectivity index (χ1) is 9.97. The highest BCUT2D eigenvalue weighted by atomic mass is 32.1. The summed E-state index contributed by atoms with van der Waals surface area (Å²) in [6.07, 6.45) is 2.67. The molecule has 1 aliphatic rings.